The number of hydrogen-bond acceptors (Lipinski definition) is 7. The van der Waals surface area contributed by atoms with E-state index in [4.69, 9.17) is 10.00 Å². The number of benzene rings is 1. The predicted octanol–water partition coefficient (Wildman–Crippen LogP) is 4.06. The van der Waals surface area contributed by atoms with Gasteiger partial charge in [-0.15, -0.1) is 12.4 Å². The Morgan fingerprint density at radius 3 is 2.78 bits per heavy atom. The van der Waals surface area contributed by atoms with Crippen LogP contribution in [0, 0.1) is 11.3 Å². The largest absolute Gasteiger partial charge is 0.496 e. The number of hydrogen-bond donors (Lipinski definition) is 2. The second-order valence-corrected chi connectivity index (χ2v) is 7.45. The van der Waals surface area contributed by atoms with Crippen LogP contribution in [-0.4, -0.2) is 58.0 Å². The molecule has 3 heterocycles. The summed E-state index contributed by atoms with van der Waals surface area (Å²) < 4.78 is 20.4. The molecule has 0 saturated carbocycles. The monoisotopic (exact) mass is 457 g/mol. The molecule has 8 nitrogen and oxygen atoms in total. The van der Waals surface area contributed by atoms with E-state index in [1.807, 2.05) is 30.3 Å². The number of aromatic nitrogens is 4. The summed E-state index contributed by atoms with van der Waals surface area (Å²) in [5.74, 6) is 1.57. The van der Waals surface area contributed by atoms with Gasteiger partial charge < -0.3 is 15.0 Å². The van der Waals surface area contributed by atoms with Crippen LogP contribution in [0.3, 0.4) is 0 Å². The van der Waals surface area contributed by atoms with Gasteiger partial charge in [-0.1, -0.05) is 13.0 Å². The molecule has 3 aromatic rings. The van der Waals surface area contributed by atoms with E-state index in [0.717, 1.165) is 36.3 Å². The van der Waals surface area contributed by atoms with E-state index in [2.05, 4.69) is 37.3 Å². The van der Waals surface area contributed by atoms with Gasteiger partial charge in [0.15, 0.2) is 11.5 Å². The van der Waals surface area contributed by atoms with Gasteiger partial charge in [-0.2, -0.15) is 10.4 Å². The number of anilines is 2. The fraction of sp³-hybridized carbons (Fsp3) is 0.364. The van der Waals surface area contributed by atoms with Crippen molar-refractivity contribution in [3.63, 3.8) is 0 Å². The van der Waals surface area contributed by atoms with Gasteiger partial charge in [-0.05, 0) is 37.2 Å². The minimum absolute atomic E-state index is 0. The van der Waals surface area contributed by atoms with Crippen LogP contribution in [0.25, 0.3) is 11.3 Å². The van der Waals surface area contributed by atoms with E-state index in [-0.39, 0.29) is 24.0 Å². The average molecular weight is 458 g/mol. The quantitative estimate of drug-likeness (QED) is 0.575. The molecule has 1 fully saturated rings. The maximum atomic E-state index is 14.8. The first-order chi connectivity index (χ1) is 15.1. The van der Waals surface area contributed by atoms with E-state index in [1.165, 1.54) is 12.4 Å². The highest BCUT2D eigenvalue weighted by Gasteiger charge is 2.30. The number of nitrogens with one attached hydrogen (secondary N) is 2. The minimum atomic E-state index is -0.888. The van der Waals surface area contributed by atoms with Gasteiger partial charge in [0.2, 0.25) is 0 Å². The summed E-state index contributed by atoms with van der Waals surface area (Å²) in [5, 5.41) is 19.1. The third-order valence-electron chi connectivity index (χ3n) is 5.62. The summed E-state index contributed by atoms with van der Waals surface area (Å²) in [6.07, 6.45) is 2.77. The van der Waals surface area contributed by atoms with Gasteiger partial charge in [-0.25, -0.2) is 14.4 Å². The molecule has 32 heavy (non-hydrogen) atoms. The van der Waals surface area contributed by atoms with E-state index in [1.54, 1.807) is 7.11 Å². The van der Waals surface area contributed by atoms with Crippen LogP contribution in [0.15, 0.2) is 36.7 Å². The highest BCUT2D eigenvalue weighted by atomic mass is 35.5. The second kappa shape index (κ2) is 10.4. The highest BCUT2D eigenvalue weighted by Crippen LogP contribution is 2.37. The van der Waals surface area contributed by atoms with Crippen LogP contribution in [0.4, 0.5) is 16.0 Å². The van der Waals surface area contributed by atoms with Crippen LogP contribution in [0.5, 0.6) is 5.75 Å². The molecule has 0 amide bonds. The van der Waals surface area contributed by atoms with Crippen molar-refractivity contribution in [2.24, 2.45) is 0 Å². The molecule has 1 saturated heterocycles. The van der Waals surface area contributed by atoms with Crippen molar-refractivity contribution in [1.29, 1.82) is 5.26 Å². The Morgan fingerprint density at radius 1 is 1.28 bits per heavy atom. The Hall–Kier alpha value is -3.22. The Kier molecular flexibility index (Phi) is 7.62. The lowest BCUT2D eigenvalue weighted by molar-refractivity contribution is 0.122. The van der Waals surface area contributed by atoms with Crippen molar-refractivity contribution >= 4 is 24.0 Å². The number of nitrogens with zero attached hydrogens (tertiary/aromatic N) is 5. The SMILES string of the molecule is CCN1CCC(c2ccc(-c3cc(Nc4cnc(C#N)cn4)n[nH]3)c(OC)c2)C(F)C1.Cl. The topological polar surface area (TPSA) is 103 Å². The van der Waals surface area contributed by atoms with Crippen molar-refractivity contribution in [2.45, 2.75) is 25.4 Å². The number of H-pyrrole nitrogens is 1. The molecule has 0 bridgehead atoms. The molecule has 1 aliphatic heterocycles. The molecule has 1 aliphatic rings. The standard InChI is InChI=1S/C22H24FN7O.ClH/c1-3-30-7-6-16(18(23)13-30)14-4-5-17(20(8-14)31-2)19-9-21(29-28-19)27-22-12-25-15(10-24)11-26-22;/h4-5,8-9,11-12,16,18H,3,6-7,13H2,1-2H3,(H2,26,27,28,29);1H. The second-order valence-electron chi connectivity index (χ2n) is 7.45. The fourth-order valence-electron chi connectivity index (χ4n) is 3.90. The van der Waals surface area contributed by atoms with Crippen molar-refractivity contribution < 1.29 is 9.13 Å². The number of likely N-dealkylation sites (tertiary alicyclic amines) is 1. The lowest BCUT2D eigenvalue weighted by atomic mass is 9.87. The summed E-state index contributed by atoms with van der Waals surface area (Å²) in [5.41, 5.74) is 2.78. The van der Waals surface area contributed by atoms with Crippen LogP contribution in [-0.2, 0) is 0 Å². The van der Waals surface area contributed by atoms with Crippen molar-refractivity contribution in [1.82, 2.24) is 25.1 Å². The summed E-state index contributed by atoms with van der Waals surface area (Å²) in [4.78, 5) is 10.2. The molecule has 2 N–H and O–H groups in total. The zero-order chi connectivity index (χ0) is 21.8. The molecular weight excluding hydrogens is 433 g/mol. The van der Waals surface area contributed by atoms with E-state index in [9.17, 15) is 4.39 Å². The Morgan fingerprint density at radius 2 is 2.12 bits per heavy atom. The smallest absolute Gasteiger partial charge is 0.158 e. The summed E-state index contributed by atoms with van der Waals surface area (Å²) in [7, 11) is 1.61. The number of methoxy groups -OCH3 is 1. The summed E-state index contributed by atoms with van der Waals surface area (Å²) >= 11 is 0. The van der Waals surface area contributed by atoms with Gasteiger partial charge in [0, 0.05) is 24.1 Å². The number of halogens is 2. The molecule has 2 aromatic heterocycles. The zero-order valence-corrected chi connectivity index (χ0v) is 18.7. The number of rotatable bonds is 6. The van der Waals surface area contributed by atoms with Crippen molar-refractivity contribution in [3.8, 4) is 23.1 Å². The molecule has 2 unspecified atom stereocenters. The van der Waals surface area contributed by atoms with Crippen LogP contribution in [0.2, 0.25) is 0 Å². The van der Waals surface area contributed by atoms with Gasteiger partial charge in [0.05, 0.1) is 25.2 Å². The molecule has 2 atom stereocenters. The zero-order valence-electron chi connectivity index (χ0n) is 17.9. The maximum absolute atomic E-state index is 14.8. The lowest BCUT2D eigenvalue weighted by Crippen LogP contribution is -2.40. The van der Waals surface area contributed by atoms with Gasteiger partial charge in [0.25, 0.3) is 0 Å². The maximum Gasteiger partial charge on any atom is 0.158 e. The molecule has 4 rings (SSSR count). The fourth-order valence-corrected chi connectivity index (χ4v) is 3.90. The van der Waals surface area contributed by atoms with Crippen LogP contribution < -0.4 is 10.1 Å². The number of ether oxygens (including phenoxy) is 1. The van der Waals surface area contributed by atoms with Crippen molar-refractivity contribution in [2.75, 3.05) is 32.1 Å². The minimum Gasteiger partial charge on any atom is -0.496 e. The molecule has 0 aliphatic carbocycles. The molecular formula is C22H25ClFN7O. The predicted molar refractivity (Wildman–Crippen MR) is 122 cm³/mol. The van der Waals surface area contributed by atoms with Gasteiger partial charge in [0.1, 0.15) is 23.8 Å². The normalized spacial score (nSPS) is 18.4. The first kappa shape index (κ1) is 23.4. The number of alkyl halides is 1. The molecule has 168 valence electrons. The molecule has 1 aromatic carbocycles. The Bertz CT molecular complexity index is 1080. The van der Waals surface area contributed by atoms with Crippen molar-refractivity contribution in [3.05, 3.63) is 47.9 Å². The van der Waals surface area contributed by atoms with Gasteiger partial charge >= 0.3 is 0 Å². The van der Waals surface area contributed by atoms with Crippen LogP contribution in [0.1, 0.15) is 30.5 Å². The number of aromatic amines is 1. The Labute approximate surface area is 192 Å². The van der Waals surface area contributed by atoms with E-state index in [0.29, 0.717) is 23.9 Å². The Balaban J connectivity index is 0.00000289. The third kappa shape index (κ3) is 4.98. The van der Waals surface area contributed by atoms with E-state index >= 15 is 0 Å². The number of nitriles is 1. The van der Waals surface area contributed by atoms with Crippen LogP contribution >= 0.6 is 12.4 Å². The van der Waals surface area contributed by atoms with Gasteiger partial charge in [-0.3, -0.25) is 5.10 Å². The molecule has 0 spiro atoms. The first-order valence-electron chi connectivity index (χ1n) is 10.2. The van der Waals surface area contributed by atoms with E-state index < -0.39 is 6.17 Å². The summed E-state index contributed by atoms with van der Waals surface area (Å²) in [6.45, 7) is 4.31. The number of piperidine rings is 1. The third-order valence-corrected chi connectivity index (χ3v) is 5.62. The molecule has 0 radical (unpaired) electrons. The highest BCUT2D eigenvalue weighted by molar-refractivity contribution is 5.85. The summed E-state index contributed by atoms with van der Waals surface area (Å²) in [6, 6.07) is 9.59. The average Bonchev–Trinajstić information content (AvgIpc) is 3.27. The lowest BCUT2D eigenvalue weighted by Gasteiger charge is -2.34. The first-order valence-corrected chi connectivity index (χ1v) is 10.2. The molecule has 10 heteroatoms.